The summed E-state index contributed by atoms with van der Waals surface area (Å²) < 4.78 is 39.9. The Balaban J connectivity index is 1.57. The van der Waals surface area contributed by atoms with Gasteiger partial charge in [-0.3, -0.25) is 9.59 Å². The van der Waals surface area contributed by atoms with Gasteiger partial charge >= 0.3 is 6.18 Å². The molecule has 0 radical (unpaired) electrons. The summed E-state index contributed by atoms with van der Waals surface area (Å²) in [6, 6.07) is 4.54. The summed E-state index contributed by atoms with van der Waals surface area (Å²) in [6.07, 6.45) is -3.71. The smallest absolute Gasteiger partial charge is 0.302 e. The van der Waals surface area contributed by atoms with Crippen molar-refractivity contribution in [1.29, 1.82) is 5.26 Å². The molecule has 5 fully saturated rings. The number of piperidine rings is 2. The highest BCUT2D eigenvalue weighted by Crippen LogP contribution is 2.63. The number of hydrogen-bond donors (Lipinski definition) is 0. The monoisotopic (exact) mass is 375 g/mol. The molecular formula is C19H16F3N3O2. The third kappa shape index (κ3) is 2.09. The van der Waals surface area contributed by atoms with Crippen LogP contribution in [0.15, 0.2) is 18.2 Å². The van der Waals surface area contributed by atoms with Crippen molar-refractivity contribution in [2.75, 3.05) is 18.5 Å². The van der Waals surface area contributed by atoms with Crippen LogP contribution < -0.4 is 4.90 Å². The van der Waals surface area contributed by atoms with Crippen LogP contribution in [-0.4, -0.2) is 36.3 Å². The van der Waals surface area contributed by atoms with E-state index in [-0.39, 0.29) is 17.6 Å². The van der Waals surface area contributed by atoms with Gasteiger partial charge in [-0.15, -0.1) is 0 Å². The normalized spacial score (nSPS) is 37.2. The summed E-state index contributed by atoms with van der Waals surface area (Å²) in [5, 5.41) is 8.95. The van der Waals surface area contributed by atoms with E-state index in [0.29, 0.717) is 11.8 Å². The fourth-order valence-corrected chi connectivity index (χ4v) is 5.74. The third-order valence-corrected chi connectivity index (χ3v) is 6.80. The Morgan fingerprint density at radius 1 is 1.11 bits per heavy atom. The molecule has 6 atom stereocenters. The van der Waals surface area contributed by atoms with E-state index in [4.69, 9.17) is 5.26 Å². The summed E-state index contributed by atoms with van der Waals surface area (Å²) >= 11 is 0. The van der Waals surface area contributed by atoms with Crippen molar-refractivity contribution in [3.8, 4) is 6.07 Å². The third-order valence-electron chi connectivity index (χ3n) is 6.80. The van der Waals surface area contributed by atoms with Crippen molar-refractivity contribution in [2.45, 2.75) is 18.6 Å². The maximum atomic E-state index is 13.3. The van der Waals surface area contributed by atoms with Gasteiger partial charge in [0.15, 0.2) is 0 Å². The highest BCUT2D eigenvalue weighted by Gasteiger charge is 2.70. The zero-order valence-electron chi connectivity index (χ0n) is 14.4. The second-order valence-electron chi connectivity index (χ2n) is 8.06. The Bertz CT molecular complexity index is 920. The Hall–Kier alpha value is -2.40. The van der Waals surface area contributed by atoms with Crippen LogP contribution in [0.1, 0.15) is 17.5 Å². The first-order valence-corrected chi connectivity index (χ1v) is 8.93. The van der Waals surface area contributed by atoms with Crippen LogP contribution in [0.4, 0.5) is 18.9 Å². The lowest BCUT2D eigenvalue weighted by atomic mass is 9.66. The second kappa shape index (κ2) is 5.10. The van der Waals surface area contributed by atoms with Crippen molar-refractivity contribution in [2.24, 2.45) is 29.6 Å². The number of benzene rings is 1. The number of hydrogen-bond acceptors (Lipinski definition) is 4. The largest absolute Gasteiger partial charge is 0.417 e. The highest BCUT2D eigenvalue weighted by atomic mass is 19.4. The number of nitrogens with zero attached hydrogens (tertiary/aromatic N) is 3. The SMILES string of the molecule is CN1CC2[C@@H]3C[C@@H]3C1[C@H]1C(=O)N(c3ccc(C#N)c(C(F)(F)F)c3)C(=O)[C@@H]21. The zero-order chi connectivity index (χ0) is 19.2. The topological polar surface area (TPSA) is 64.4 Å². The van der Waals surface area contributed by atoms with Gasteiger partial charge in [-0.2, -0.15) is 18.4 Å². The van der Waals surface area contributed by atoms with E-state index in [1.54, 1.807) is 0 Å². The predicted octanol–water partition coefficient (Wildman–Crippen LogP) is 2.26. The fourth-order valence-electron chi connectivity index (χ4n) is 5.74. The first-order valence-electron chi connectivity index (χ1n) is 8.93. The predicted molar refractivity (Wildman–Crippen MR) is 87.1 cm³/mol. The van der Waals surface area contributed by atoms with Crippen LogP contribution in [0.2, 0.25) is 0 Å². The average Bonchev–Trinajstić information content (AvgIpc) is 3.37. The molecule has 2 amide bonds. The summed E-state index contributed by atoms with van der Waals surface area (Å²) in [5.41, 5.74) is -1.74. The van der Waals surface area contributed by atoms with Crippen molar-refractivity contribution in [1.82, 2.24) is 4.90 Å². The molecule has 2 bridgehead atoms. The summed E-state index contributed by atoms with van der Waals surface area (Å²) in [4.78, 5) is 29.2. The maximum Gasteiger partial charge on any atom is 0.417 e. The minimum Gasteiger partial charge on any atom is -0.302 e. The molecule has 3 heterocycles. The number of amides is 2. The van der Waals surface area contributed by atoms with E-state index < -0.39 is 41.0 Å². The van der Waals surface area contributed by atoms with Crippen molar-refractivity contribution in [3.05, 3.63) is 29.3 Å². The van der Waals surface area contributed by atoms with Crippen LogP contribution in [0.25, 0.3) is 0 Å². The van der Waals surface area contributed by atoms with Crippen molar-refractivity contribution < 1.29 is 22.8 Å². The van der Waals surface area contributed by atoms with Crippen molar-refractivity contribution in [3.63, 3.8) is 0 Å². The molecule has 1 aromatic carbocycles. The molecule has 140 valence electrons. The van der Waals surface area contributed by atoms with E-state index >= 15 is 0 Å². The van der Waals surface area contributed by atoms with E-state index in [1.165, 1.54) is 12.1 Å². The molecule has 1 aromatic rings. The lowest BCUT2D eigenvalue weighted by Crippen LogP contribution is -2.58. The molecule has 2 unspecified atom stereocenters. The van der Waals surface area contributed by atoms with Gasteiger partial charge < -0.3 is 4.90 Å². The van der Waals surface area contributed by atoms with E-state index in [9.17, 15) is 22.8 Å². The average molecular weight is 375 g/mol. The van der Waals surface area contributed by atoms with Crippen molar-refractivity contribution >= 4 is 17.5 Å². The molecule has 5 aliphatic rings. The highest BCUT2D eigenvalue weighted by molar-refractivity contribution is 6.22. The summed E-state index contributed by atoms with van der Waals surface area (Å²) in [7, 11) is 1.95. The van der Waals surface area contributed by atoms with Gasteiger partial charge in [0.1, 0.15) is 0 Å². The van der Waals surface area contributed by atoms with Gasteiger partial charge in [-0.1, -0.05) is 0 Å². The number of imide groups is 1. The van der Waals surface area contributed by atoms with Gasteiger partial charge in [-0.25, -0.2) is 4.90 Å². The number of rotatable bonds is 1. The van der Waals surface area contributed by atoms with E-state index in [1.807, 2.05) is 7.05 Å². The lowest BCUT2D eigenvalue weighted by Gasteiger charge is -2.48. The molecule has 0 aromatic heterocycles. The summed E-state index contributed by atoms with van der Waals surface area (Å²) in [5.74, 6) is -0.750. The molecule has 8 heteroatoms. The second-order valence-corrected chi connectivity index (χ2v) is 8.06. The quantitative estimate of drug-likeness (QED) is 0.707. The van der Waals surface area contributed by atoms with Gasteiger partial charge in [0.05, 0.1) is 34.7 Å². The Morgan fingerprint density at radius 2 is 1.81 bits per heavy atom. The zero-order valence-corrected chi connectivity index (χ0v) is 14.4. The van der Waals surface area contributed by atoms with Gasteiger partial charge in [0.25, 0.3) is 0 Å². The Morgan fingerprint density at radius 3 is 2.48 bits per heavy atom. The van der Waals surface area contributed by atoms with Crippen LogP contribution in [0, 0.1) is 40.9 Å². The van der Waals surface area contributed by atoms with Crippen LogP contribution in [0.3, 0.4) is 0 Å². The summed E-state index contributed by atoms with van der Waals surface area (Å²) in [6.45, 7) is 0.751. The molecule has 6 rings (SSSR count). The molecule has 0 spiro atoms. The van der Waals surface area contributed by atoms with Crippen LogP contribution in [0.5, 0.6) is 0 Å². The van der Waals surface area contributed by atoms with Gasteiger partial charge in [0.2, 0.25) is 11.8 Å². The molecule has 0 N–H and O–H groups in total. The molecule has 27 heavy (non-hydrogen) atoms. The van der Waals surface area contributed by atoms with Crippen LogP contribution >= 0.6 is 0 Å². The molecular weight excluding hydrogens is 359 g/mol. The molecule has 2 aliphatic carbocycles. The van der Waals surface area contributed by atoms with Gasteiger partial charge in [0, 0.05) is 12.6 Å². The minimum atomic E-state index is -4.74. The number of carbonyl (C=O) groups excluding carboxylic acids is 2. The Kier molecular flexibility index (Phi) is 3.17. The number of halogens is 3. The van der Waals surface area contributed by atoms with Crippen LogP contribution in [-0.2, 0) is 15.8 Å². The van der Waals surface area contributed by atoms with E-state index in [2.05, 4.69) is 4.90 Å². The molecule has 3 aliphatic heterocycles. The minimum absolute atomic E-state index is 0.00748. The van der Waals surface area contributed by atoms with E-state index in [0.717, 1.165) is 30.0 Å². The van der Waals surface area contributed by atoms with Gasteiger partial charge in [-0.05, 0) is 49.4 Å². The number of carbonyl (C=O) groups is 2. The number of nitriles is 1. The maximum absolute atomic E-state index is 13.3. The molecule has 3 saturated heterocycles. The Labute approximate surface area is 153 Å². The number of alkyl halides is 3. The first kappa shape index (κ1) is 16.8. The molecule has 5 nitrogen and oxygen atoms in total. The molecule has 2 saturated carbocycles. The fraction of sp³-hybridized carbons (Fsp3) is 0.526. The standard InChI is InChI=1S/C19H16F3N3O2/c1-24-7-12-10-5-11(10)16(24)15-14(12)17(26)25(18(15)27)9-3-2-8(6-23)13(4-9)19(20,21)22/h2-4,10-12,14-16H,5,7H2,1H3/t10-,11+,12?,14+,15+,16?/m1/s1. The lowest BCUT2D eigenvalue weighted by molar-refractivity contribution is -0.138. The number of anilines is 1. The first-order chi connectivity index (χ1) is 12.7. The number of fused-ring (bicyclic) bond motifs is 1.